The molecule has 2 rings (SSSR count). The number of hydrogen-bond acceptors (Lipinski definition) is 4. The van der Waals surface area contributed by atoms with Gasteiger partial charge in [-0.05, 0) is 24.3 Å². The molecule has 4 heteroatoms. The van der Waals surface area contributed by atoms with E-state index in [1.165, 1.54) is 0 Å². The van der Waals surface area contributed by atoms with Gasteiger partial charge < -0.3 is 9.47 Å². The molecule has 0 spiro atoms. The van der Waals surface area contributed by atoms with Crippen LogP contribution in [0.5, 0.6) is 11.5 Å². The summed E-state index contributed by atoms with van der Waals surface area (Å²) in [7, 11) is 5.17. The number of nitrogens with zero attached hydrogens (tertiary/aromatic N) is 2. The molecule has 2 aromatic carbocycles. The third-order valence-corrected chi connectivity index (χ3v) is 2.94. The van der Waals surface area contributed by atoms with E-state index in [0.717, 1.165) is 22.7 Å². The summed E-state index contributed by atoms with van der Waals surface area (Å²) in [5.74, 6) is 1.49. The van der Waals surface area contributed by atoms with E-state index in [2.05, 4.69) is 5.10 Å². The van der Waals surface area contributed by atoms with Gasteiger partial charge in [0.15, 0.2) is 0 Å². The number of rotatable bonds is 5. The summed E-state index contributed by atoms with van der Waals surface area (Å²) >= 11 is 0. The van der Waals surface area contributed by atoms with E-state index >= 15 is 0 Å². The van der Waals surface area contributed by atoms with Crippen LogP contribution < -0.4 is 14.5 Å². The molecule has 0 aliphatic heterocycles. The number of hydrazone groups is 1. The van der Waals surface area contributed by atoms with Gasteiger partial charge in [-0.25, -0.2) is 0 Å². The second-order valence-electron chi connectivity index (χ2n) is 4.21. The lowest BCUT2D eigenvalue weighted by atomic mass is 10.2. The molecule has 2 aromatic rings. The normalized spacial score (nSPS) is 10.6. The molecule has 0 atom stereocenters. The number of benzene rings is 2. The Bertz CT molecular complexity index is 582. The van der Waals surface area contributed by atoms with Crippen LogP contribution in [0.4, 0.5) is 5.69 Å². The van der Waals surface area contributed by atoms with E-state index in [9.17, 15) is 0 Å². The monoisotopic (exact) mass is 270 g/mol. The fraction of sp³-hybridized carbons (Fsp3) is 0.188. The van der Waals surface area contributed by atoms with Gasteiger partial charge in [0.05, 0.1) is 26.1 Å². The Morgan fingerprint density at radius 3 is 2.40 bits per heavy atom. The highest BCUT2D eigenvalue weighted by Crippen LogP contribution is 2.23. The lowest BCUT2D eigenvalue weighted by Gasteiger charge is -2.13. The molecular weight excluding hydrogens is 252 g/mol. The summed E-state index contributed by atoms with van der Waals surface area (Å²) < 4.78 is 10.5. The largest absolute Gasteiger partial charge is 0.497 e. The maximum absolute atomic E-state index is 5.34. The smallest absolute Gasteiger partial charge is 0.131 e. The van der Waals surface area contributed by atoms with Crippen molar-refractivity contribution in [3.05, 3.63) is 54.1 Å². The maximum atomic E-state index is 5.34. The molecule has 0 heterocycles. The first kappa shape index (κ1) is 13.9. The highest BCUT2D eigenvalue weighted by Gasteiger charge is 2.03. The van der Waals surface area contributed by atoms with Gasteiger partial charge in [0.2, 0.25) is 0 Å². The van der Waals surface area contributed by atoms with Gasteiger partial charge in [0, 0.05) is 18.7 Å². The van der Waals surface area contributed by atoms with Crippen molar-refractivity contribution in [2.45, 2.75) is 0 Å². The van der Waals surface area contributed by atoms with Crippen LogP contribution in [0.1, 0.15) is 5.56 Å². The van der Waals surface area contributed by atoms with E-state index < -0.39 is 0 Å². The molecule has 0 amide bonds. The Kier molecular flexibility index (Phi) is 4.60. The molecule has 0 aromatic heterocycles. The van der Waals surface area contributed by atoms with Gasteiger partial charge in [0.1, 0.15) is 11.5 Å². The Balaban J connectivity index is 2.19. The lowest BCUT2D eigenvalue weighted by molar-refractivity contribution is 0.394. The van der Waals surface area contributed by atoms with E-state index in [4.69, 9.17) is 9.47 Å². The van der Waals surface area contributed by atoms with Gasteiger partial charge >= 0.3 is 0 Å². The molecule has 0 fully saturated rings. The molecule has 0 unspecified atom stereocenters. The topological polar surface area (TPSA) is 34.1 Å². The van der Waals surface area contributed by atoms with Crippen molar-refractivity contribution in [3.63, 3.8) is 0 Å². The van der Waals surface area contributed by atoms with Gasteiger partial charge in [-0.15, -0.1) is 0 Å². The van der Waals surface area contributed by atoms with Crippen LogP contribution in [-0.4, -0.2) is 27.5 Å². The summed E-state index contributed by atoms with van der Waals surface area (Å²) in [6, 6.07) is 15.6. The summed E-state index contributed by atoms with van der Waals surface area (Å²) in [6.07, 6.45) is 1.77. The number of hydrogen-bond donors (Lipinski definition) is 0. The van der Waals surface area contributed by atoms with Crippen molar-refractivity contribution in [2.75, 3.05) is 26.3 Å². The zero-order valence-electron chi connectivity index (χ0n) is 11.9. The Morgan fingerprint density at radius 2 is 1.75 bits per heavy atom. The predicted molar refractivity (Wildman–Crippen MR) is 82.0 cm³/mol. The highest BCUT2D eigenvalue weighted by atomic mass is 16.5. The predicted octanol–water partition coefficient (Wildman–Crippen LogP) is 3.17. The third kappa shape index (κ3) is 3.29. The minimum atomic E-state index is 0.731. The number of anilines is 1. The third-order valence-electron chi connectivity index (χ3n) is 2.94. The van der Waals surface area contributed by atoms with Gasteiger partial charge in [-0.2, -0.15) is 5.10 Å². The average molecular weight is 270 g/mol. The van der Waals surface area contributed by atoms with Crippen molar-refractivity contribution in [1.82, 2.24) is 0 Å². The Hall–Kier alpha value is -2.49. The molecule has 0 N–H and O–H groups in total. The first-order valence-corrected chi connectivity index (χ1v) is 6.29. The molecule has 0 bridgehead atoms. The summed E-state index contributed by atoms with van der Waals surface area (Å²) in [6.45, 7) is 0. The van der Waals surface area contributed by atoms with E-state index in [0.29, 0.717) is 0 Å². The molecule has 4 nitrogen and oxygen atoms in total. The molecule has 0 radical (unpaired) electrons. The fourth-order valence-electron chi connectivity index (χ4n) is 1.78. The summed E-state index contributed by atoms with van der Waals surface area (Å²) in [5.41, 5.74) is 1.92. The molecule has 0 aliphatic carbocycles. The average Bonchev–Trinajstić information content (AvgIpc) is 2.53. The minimum Gasteiger partial charge on any atom is -0.497 e. The summed E-state index contributed by atoms with van der Waals surface area (Å²) in [5, 5.41) is 6.23. The second-order valence-corrected chi connectivity index (χ2v) is 4.21. The first-order valence-electron chi connectivity index (χ1n) is 6.29. The van der Waals surface area contributed by atoms with Crippen molar-refractivity contribution < 1.29 is 9.47 Å². The molecule has 20 heavy (non-hydrogen) atoms. The number of ether oxygens (including phenoxy) is 2. The van der Waals surface area contributed by atoms with Crippen LogP contribution in [0, 0.1) is 0 Å². The van der Waals surface area contributed by atoms with Crippen molar-refractivity contribution >= 4 is 11.9 Å². The highest BCUT2D eigenvalue weighted by molar-refractivity contribution is 5.84. The van der Waals surface area contributed by atoms with Crippen LogP contribution in [0.3, 0.4) is 0 Å². The zero-order valence-corrected chi connectivity index (χ0v) is 11.9. The standard InChI is InChI=1S/C16H18N2O2/c1-18(14-7-5-4-6-8-14)17-12-13-9-10-15(19-2)11-16(13)20-3/h4-12H,1-3H3/b17-12+. The summed E-state index contributed by atoms with van der Waals surface area (Å²) in [4.78, 5) is 0. The van der Waals surface area contributed by atoms with Crippen LogP contribution in [0.25, 0.3) is 0 Å². The molecule has 0 saturated heterocycles. The number of para-hydroxylation sites is 1. The SMILES string of the molecule is COc1ccc(/C=N/N(C)c2ccccc2)c(OC)c1. The fourth-order valence-corrected chi connectivity index (χ4v) is 1.78. The molecule has 0 aliphatic rings. The van der Waals surface area contributed by atoms with Crippen LogP contribution in [0.15, 0.2) is 53.6 Å². The number of methoxy groups -OCH3 is 2. The maximum Gasteiger partial charge on any atom is 0.131 e. The van der Waals surface area contributed by atoms with E-state index in [-0.39, 0.29) is 0 Å². The Labute approximate surface area is 119 Å². The molecule has 104 valence electrons. The minimum absolute atomic E-state index is 0.731. The van der Waals surface area contributed by atoms with E-state index in [1.807, 2.05) is 60.6 Å². The van der Waals surface area contributed by atoms with Crippen LogP contribution >= 0.6 is 0 Å². The molecule has 0 saturated carbocycles. The quantitative estimate of drug-likeness (QED) is 0.618. The van der Waals surface area contributed by atoms with Gasteiger partial charge in [-0.1, -0.05) is 18.2 Å². The van der Waals surface area contributed by atoms with Gasteiger partial charge in [-0.3, -0.25) is 5.01 Å². The molecular formula is C16H18N2O2. The van der Waals surface area contributed by atoms with Crippen molar-refractivity contribution in [3.8, 4) is 11.5 Å². The van der Waals surface area contributed by atoms with Crippen LogP contribution in [-0.2, 0) is 0 Å². The lowest BCUT2D eigenvalue weighted by Crippen LogP contribution is -2.08. The van der Waals surface area contributed by atoms with E-state index in [1.54, 1.807) is 20.4 Å². The van der Waals surface area contributed by atoms with Crippen LogP contribution in [0.2, 0.25) is 0 Å². The van der Waals surface area contributed by atoms with Crippen molar-refractivity contribution in [2.24, 2.45) is 5.10 Å². The first-order chi connectivity index (χ1) is 9.74. The van der Waals surface area contributed by atoms with Gasteiger partial charge in [0.25, 0.3) is 0 Å². The van der Waals surface area contributed by atoms with Crippen molar-refractivity contribution in [1.29, 1.82) is 0 Å². The second kappa shape index (κ2) is 6.61. The zero-order chi connectivity index (χ0) is 14.4. The Morgan fingerprint density at radius 1 is 1.00 bits per heavy atom.